The summed E-state index contributed by atoms with van der Waals surface area (Å²) in [6.45, 7) is 0. The molecule has 0 aliphatic carbocycles. The van der Waals surface area contributed by atoms with Gasteiger partial charge < -0.3 is 4.74 Å². The second-order valence-electron chi connectivity index (χ2n) is 4.87. The van der Waals surface area contributed by atoms with Crippen LogP contribution in [0, 0.1) is 0 Å². The Morgan fingerprint density at radius 3 is 2.19 bits per heavy atom. The van der Waals surface area contributed by atoms with Crippen LogP contribution in [0.2, 0.25) is 10.0 Å². The van der Waals surface area contributed by atoms with Gasteiger partial charge in [0.1, 0.15) is 5.75 Å². The maximum Gasteiger partial charge on any atom is 0.432 e. The molecule has 2 aromatic carbocycles. The second-order valence-corrected chi connectivity index (χ2v) is 5.74. The Bertz CT molecular complexity index is 652. The molecule has 0 aromatic heterocycles. The van der Waals surface area contributed by atoms with E-state index in [0.717, 1.165) is 0 Å². The van der Waals surface area contributed by atoms with E-state index in [1.165, 1.54) is 24.3 Å². The lowest BCUT2D eigenvalue weighted by atomic mass is 9.88. The topological polar surface area (TPSA) is 9.23 Å². The van der Waals surface area contributed by atoms with Crippen molar-refractivity contribution >= 4 is 23.2 Å². The Morgan fingerprint density at radius 1 is 1.00 bits per heavy atom. The number of hydrogen-bond donors (Lipinski definition) is 0. The Kier molecular flexibility index (Phi) is 3.34. The summed E-state index contributed by atoms with van der Waals surface area (Å²) < 4.78 is 46.5. The summed E-state index contributed by atoms with van der Waals surface area (Å²) in [5, 5.41) is 0.279. The Hall–Kier alpha value is -1.39. The van der Waals surface area contributed by atoms with Crippen molar-refractivity contribution in [2.24, 2.45) is 0 Å². The van der Waals surface area contributed by atoms with E-state index in [2.05, 4.69) is 0 Å². The summed E-state index contributed by atoms with van der Waals surface area (Å²) in [4.78, 5) is 0. The molecule has 0 fully saturated rings. The number of ether oxygens (including phenoxy) is 1. The fourth-order valence-corrected chi connectivity index (χ4v) is 3.04. The maximum atomic E-state index is 13.7. The molecule has 0 saturated carbocycles. The van der Waals surface area contributed by atoms with Crippen LogP contribution >= 0.6 is 23.2 Å². The molecule has 0 amide bonds. The van der Waals surface area contributed by atoms with Crippen molar-refractivity contribution < 1.29 is 17.9 Å². The highest BCUT2D eigenvalue weighted by atomic mass is 35.5. The first kappa shape index (κ1) is 14.5. The van der Waals surface area contributed by atoms with Gasteiger partial charge in [-0.1, -0.05) is 41.4 Å². The SMILES string of the molecule is FC(F)(F)C1(c2cc(Cl)cc(Cl)c2)Cc2ccccc2O1. The van der Waals surface area contributed by atoms with Gasteiger partial charge in [0.2, 0.25) is 5.60 Å². The summed E-state index contributed by atoms with van der Waals surface area (Å²) in [5.41, 5.74) is -2.04. The zero-order valence-corrected chi connectivity index (χ0v) is 12.1. The van der Waals surface area contributed by atoms with E-state index in [4.69, 9.17) is 27.9 Å². The largest absolute Gasteiger partial charge is 0.472 e. The zero-order valence-electron chi connectivity index (χ0n) is 10.5. The van der Waals surface area contributed by atoms with Crippen molar-refractivity contribution in [3.05, 3.63) is 63.6 Å². The highest BCUT2D eigenvalue weighted by molar-refractivity contribution is 6.34. The molecule has 1 aliphatic rings. The number of halogens is 5. The van der Waals surface area contributed by atoms with Crippen molar-refractivity contribution in [2.75, 3.05) is 0 Å². The van der Waals surface area contributed by atoms with Crippen molar-refractivity contribution in [3.63, 3.8) is 0 Å². The average molecular weight is 333 g/mol. The number of rotatable bonds is 1. The molecule has 2 aromatic rings. The molecule has 1 nitrogen and oxygen atoms in total. The standard InChI is InChI=1S/C15H9Cl2F3O/c16-11-5-10(6-12(17)7-11)14(15(18,19)20)8-9-3-1-2-4-13(9)21-14/h1-7H,8H2. The summed E-state index contributed by atoms with van der Waals surface area (Å²) >= 11 is 11.7. The van der Waals surface area contributed by atoms with Crippen LogP contribution in [0.4, 0.5) is 13.2 Å². The molecule has 1 atom stereocenters. The van der Waals surface area contributed by atoms with E-state index in [-0.39, 0.29) is 27.8 Å². The van der Waals surface area contributed by atoms with Crippen molar-refractivity contribution in [1.29, 1.82) is 0 Å². The van der Waals surface area contributed by atoms with E-state index >= 15 is 0 Å². The molecule has 0 N–H and O–H groups in total. The van der Waals surface area contributed by atoms with Crippen LogP contribution in [0.5, 0.6) is 5.75 Å². The minimum atomic E-state index is -4.60. The van der Waals surface area contributed by atoms with E-state index in [0.29, 0.717) is 5.56 Å². The Balaban J connectivity index is 2.17. The van der Waals surface area contributed by atoms with Crippen LogP contribution in [-0.4, -0.2) is 6.18 Å². The number of fused-ring (bicyclic) bond motifs is 1. The predicted octanol–water partition coefficient (Wildman–Crippen LogP) is 5.39. The predicted molar refractivity (Wildman–Crippen MR) is 75.0 cm³/mol. The monoisotopic (exact) mass is 332 g/mol. The zero-order chi connectivity index (χ0) is 15.3. The van der Waals surface area contributed by atoms with Crippen LogP contribution in [-0.2, 0) is 12.0 Å². The van der Waals surface area contributed by atoms with E-state index < -0.39 is 11.8 Å². The Labute approximate surface area is 129 Å². The van der Waals surface area contributed by atoms with Gasteiger partial charge in [-0.3, -0.25) is 0 Å². The van der Waals surface area contributed by atoms with Gasteiger partial charge in [0.05, 0.1) is 0 Å². The average Bonchev–Trinajstić information content (AvgIpc) is 2.77. The maximum absolute atomic E-state index is 13.7. The number of benzene rings is 2. The van der Waals surface area contributed by atoms with Crippen LogP contribution in [0.25, 0.3) is 0 Å². The number of alkyl halides is 3. The third-order valence-corrected chi connectivity index (χ3v) is 3.92. The quantitative estimate of drug-likeness (QED) is 0.680. The summed E-state index contributed by atoms with van der Waals surface area (Å²) in [7, 11) is 0. The van der Waals surface area contributed by atoms with Gasteiger partial charge in [0.25, 0.3) is 0 Å². The molecule has 21 heavy (non-hydrogen) atoms. The molecule has 6 heteroatoms. The van der Waals surface area contributed by atoms with Crippen molar-refractivity contribution in [3.8, 4) is 5.75 Å². The van der Waals surface area contributed by atoms with Crippen LogP contribution in [0.1, 0.15) is 11.1 Å². The van der Waals surface area contributed by atoms with Gasteiger partial charge >= 0.3 is 6.18 Å². The first-order valence-corrected chi connectivity index (χ1v) is 6.88. The second kappa shape index (κ2) is 4.82. The number of hydrogen-bond acceptors (Lipinski definition) is 1. The molecule has 1 heterocycles. The third-order valence-electron chi connectivity index (χ3n) is 3.48. The lowest BCUT2D eigenvalue weighted by Gasteiger charge is -2.31. The molecule has 0 bridgehead atoms. The summed E-state index contributed by atoms with van der Waals surface area (Å²) in [6.07, 6.45) is -4.90. The first-order valence-electron chi connectivity index (χ1n) is 6.12. The molecule has 0 radical (unpaired) electrons. The lowest BCUT2D eigenvalue weighted by molar-refractivity contribution is -0.248. The summed E-state index contributed by atoms with van der Waals surface area (Å²) in [6, 6.07) is 10.3. The van der Waals surface area contributed by atoms with Gasteiger partial charge in [-0.2, -0.15) is 13.2 Å². The van der Waals surface area contributed by atoms with Gasteiger partial charge in [-0.05, 0) is 29.8 Å². The molecule has 1 aliphatic heterocycles. The third kappa shape index (κ3) is 2.36. The molecule has 0 saturated heterocycles. The minimum absolute atomic E-state index is 0.0938. The van der Waals surface area contributed by atoms with Gasteiger partial charge in [0.15, 0.2) is 0 Å². The normalized spacial score (nSPS) is 21.0. The Morgan fingerprint density at radius 2 is 1.62 bits per heavy atom. The fourth-order valence-electron chi connectivity index (χ4n) is 2.51. The van der Waals surface area contributed by atoms with Gasteiger partial charge in [-0.15, -0.1) is 0 Å². The molecule has 3 rings (SSSR count). The van der Waals surface area contributed by atoms with Gasteiger partial charge in [0, 0.05) is 22.0 Å². The number of para-hydroxylation sites is 1. The highest BCUT2D eigenvalue weighted by Crippen LogP contribution is 2.51. The molecular formula is C15H9Cl2F3O. The van der Waals surface area contributed by atoms with Crippen molar-refractivity contribution in [1.82, 2.24) is 0 Å². The van der Waals surface area contributed by atoms with Gasteiger partial charge in [-0.25, -0.2) is 0 Å². The van der Waals surface area contributed by atoms with Crippen molar-refractivity contribution in [2.45, 2.75) is 18.2 Å². The minimum Gasteiger partial charge on any atom is -0.472 e. The summed E-state index contributed by atoms with van der Waals surface area (Å²) in [5.74, 6) is 0.228. The van der Waals surface area contributed by atoms with Crippen LogP contribution in [0.15, 0.2) is 42.5 Å². The van der Waals surface area contributed by atoms with E-state index in [1.807, 2.05) is 0 Å². The lowest BCUT2D eigenvalue weighted by Crippen LogP contribution is -2.46. The van der Waals surface area contributed by atoms with E-state index in [1.54, 1.807) is 18.2 Å². The molecule has 1 unspecified atom stereocenters. The highest BCUT2D eigenvalue weighted by Gasteiger charge is 2.61. The molecule has 0 spiro atoms. The fraction of sp³-hybridized carbons (Fsp3) is 0.200. The van der Waals surface area contributed by atoms with E-state index in [9.17, 15) is 13.2 Å². The smallest absolute Gasteiger partial charge is 0.432 e. The van der Waals surface area contributed by atoms with Crippen LogP contribution < -0.4 is 4.74 Å². The first-order chi connectivity index (χ1) is 9.82. The molecule has 110 valence electrons. The molecular weight excluding hydrogens is 324 g/mol. The van der Waals surface area contributed by atoms with Crippen LogP contribution in [0.3, 0.4) is 0 Å².